The summed E-state index contributed by atoms with van der Waals surface area (Å²) in [5.74, 6) is 0.371. The molecule has 0 heterocycles. The minimum Gasteiger partial charge on any atom is -0.507 e. The van der Waals surface area contributed by atoms with E-state index in [2.05, 4.69) is 31.8 Å². The van der Waals surface area contributed by atoms with Crippen molar-refractivity contribution in [2.75, 3.05) is 6.66 Å². The summed E-state index contributed by atoms with van der Waals surface area (Å²) in [6.45, 7) is 8.17. The molecule has 2 rings (SSSR count). The molecule has 0 saturated carbocycles. The number of hydrogen-bond acceptors (Lipinski definition) is 1. The van der Waals surface area contributed by atoms with Crippen LogP contribution in [-0.2, 0) is 0 Å². The Morgan fingerprint density at radius 3 is 2.06 bits per heavy atom. The first-order valence-corrected chi connectivity index (χ1v) is 7.78. The number of rotatable bonds is 2. The van der Waals surface area contributed by atoms with Crippen LogP contribution in [0, 0.1) is 6.92 Å². The van der Waals surface area contributed by atoms with E-state index in [4.69, 9.17) is 0 Å². The zero-order valence-electron chi connectivity index (χ0n) is 11.5. The Bertz CT molecular complexity index is 489. The maximum absolute atomic E-state index is 9.95. The molecule has 0 saturated heterocycles. The molecule has 0 aliphatic heterocycles. The number of phenols is 1. The van der Waals surface area contributed by atoms with Crippen molar-refractivity contribution >= 4 is 13.9 Å². The molecule has 0 aromatic heterocycles. The highest BCUT2D eigenvalue weighted by atomic mass is 31.1. The van der Waals surface area contributed by atoms with Gasteiger partial charge in [0.2, 0.25) is 0 Å². The maximum Gasteiger partial charge on any atom is 0.124 e. The molecule has 0 fully saturated rings. The van der Waals surface area contributed by atoms with Gasteiger partial charge in [-0.05, 0) is 30.5 Å². The van der Waals surface area contributed by atoms with E-state index in [1.807, 2.05) is 38.1 Å². The zero-order chi connectivity index (χ0) is 13.5. The molecule has 2 heteroatoms. The maximum atomic E-state index is 9.95. The van der Waals surface area contributed by atoms with Gasteiger partial charge in [-0.1, -0.05) is 64.4 Å². The molecule has 2 aromatic carbocycles. The van der Waals surface area contributed by atoms with Gasteiger partial charge in [-0.2, -0.15) is 0 Å². The van der Waals surface area contributed by atoms with Gasteiger partial charge in [0, 0.05) is 5.56 Å². The molecule has 0 amide bonds. The minimum absolute atomic E-state index is 0.371. The van der Waals surface area contributed by atoms with E-state index >= 15 is 0 Å². The molecule has 0 spiro atoms. The minimum atomic E-state index is 0.371. The Morgan fingerprint density at radius 1 is 0.944 bits per heavy atom. The molecule has 1 N–H and O–H groups in total. The zero-order valence-corrected chi connectivity index (χ0v) is 12.5. The Labute approximate surface area is 112 Å². The van der Waals surface area contributed by atoms with E-state index < -0.39 is 0 Å². The second kappa shape index (κ2) is 7.18. The third-order valence-electron chi connectivity index (χ3n) is 2.65. The summed E-state index contributed by atoms with van der Waals surface area (Å²) in [5, 5.41) is 11.1. The summed E-state index contributed by atoms with van der Waals surface area (Å²) < 4.78 is 0. The lowest BCUT2D eigenvalue weighted by atomic mass is 10.0. The van der Waals surface area contributed by atoms with Crippen LogP contribution >= 0.6 is 8.58 Å². The van der Waals surface area contributed by atoms with Crippen LogP contribution < -0.4 is 5.30 Å². The van der Waals surface area contributed by atoms with Crippen molar-refractivity contribution in [3.8, 4) is 16.9 Å². The molecule has 0 radical (unpaired) electrons. The third-order valence-corrected chi connectivity index (χ3v) is 3.54. The molecule has 0 aliphatic rings. The third kappa shape index (κ3) is 3.58. The summed E-state index contributed by atoms with van der Waals surface area (Å²) in [6, 6.07) is 14.1. The molecule has 2 aromatic rings. The van der Waals surface area contributed by atoms with Crippen LogP contribution in [0.4, 0.5) is 0 Å². The smallest absolute Gasteiger partial charge is 0.124 e. The monoisotopic (exact) mass is 260 g/mol. The molecule has 0 aliphatic carbocycles. The van der Waals surface area contributed by atoms with Crippen LogP contribution in [0.1, 0.15) is 19.4 Å². The number of hydrogen-bond donors (Lipinski definition) is 1. The molecule has 1 nitrogen and oxygen atoms in total. The van der Waals surface area contributed by atoms with Gasteiger partial charge >= 0.3 is 0 Å². The average Bonchev–Trinajstić information content (AvgIpc) is 2.42. The number of benzene rings is 2. The van der Waals surface area contributed by atoms with Crippen LogP contribution in [-0.4, -0.2) is 11.8 Å². The van der Waals surface area contributed by atoms with Crippen molar-refractivity contribution in [1.29, 1.82) is 0 Å². The molecule has 18 heavy (non-hydrogen) atoms. The SMILES string of the molecule is CC.CPc1ccc(-c2ccc(C)cc2)c(O)c1. The van der Waals surface area contributed by atoms with E-state index in [1.165, 1.54) is 10.9 Å². The number of aromatic hydroxyl groups is 1. The fourth-order valence-corrected chi connectivity index (χ4v) is 2.20. The van der Waals surface area contributed by atoms with Crippen molar-refractivity contribution in [3.05, 3.63) is 48.0 Å². The van der Waals surface area contributed by atoms with E-state index in [-0.39, 0.29) is 0 Å². The summed E-state index contributed by atoms with van der Waals surface area (Å²) in [4.78, 5) is 0. The normalized spacial score (nSPS) is 10.2. The molecule has 96 valence electrons. The van der Waals surface area contributed by atoms with Crippen molar-refractivity contribution in [2.45, 2.75) is 20.8 Å². The highest BCUT2D eigenvalue weighted by molar-refractivity contribution is 7.46. The van der Waals surface area contributed by atoms with Crippen LogP contribution in [0.25, 0.3) is 11.1 Å². The van der Waals surface area contributed by atoms with Crippen LogP contribution in [0.3, 0.4) is 0 Å². The summed E-state index contributed by atoms with van der Waals surface area (Å²) in [6.07, 6.45) is 0. The van der Waals surface area contributed by atoms with E-state index in [0.29, 0.717) is 5.75 Å². The highest BCUT2D eigenvalue weighted by Gasteiger charge is 2.04. The van der Waals surface area contributed by atoms with Crippen molar-refractivity contribution < 1.29 is 5.11 Å². The van der Waals surface area contributed by atoms with Crippen LogP contribution in [0.2, 0.25) is 0 Å². The first-order chi connectivity index (χ1) is 8.70. The standard InChI is InChI=1S/C14H15OP.C2H6/c1-10-3-5-11(6-4-10)13-8-7-12(16-2)9-14(13)15;1-2/h3-9,15-16H,1-2H3;1-2H3. The Balaban J connectivity index is 0.000000771. The predicted molar refractivity (Wildman–Crippen MR) is 83.5 cm³/mol. The average molecular weight is 260 g/mol. The van der Waals surface area contributed by atoms with Gasteiger partial charge in [-0.25, -0.2) is 0 Å². The molecule has 0 bridgehead atoms. The van der Waals surface area contributed by atoms with E-state index in [0.717, 1.165) is 19.7 Å². The first kappa shape index (κ1) is 14.7. The van der Waals surface area contributed by atoms with Gasteiger partial charge < -0.3 is 5.11 Å². The van der Waals surface area contributed by atoms with Gasteiger partial charge in [-0.3, -0.25) is 0 Å². The van der Waals surface area contributed by atoms with Crippen molar-refractivity contribution in [2.24, 2.45) is 0 Å². The first-order valence-electron chi connectivity index (χ1n) is 6.28. The van der Waals surface area contributed by atoms with E-state index in [1.54, 1.807) is 0 Å². The Morgan fingerprint density at radius 2 is 1.56 bits per heavy atom. The fraction of sp³-hybridized carbons (Fsp3) is 0.250. The molecule has 1 unspecified atom stereocenters. The lowest BCUT2D eigenvalue weighted by Gasteiger charge is -2.07. The largest absolute Gasteiger partial charge is 0.507 e. The van der Waals surface area contributed by atoms with Crippen LogP contribution in [0.15, 0.2) is 42.5 Å². The second-order valence-electron chi connectivity index (χ2n) is 3.85. The lowest BCUT2D eigenvalue weighted by Crippen LogP contribution is -1.92. The Hall–Kier alpha value is -1.33. The summed E-state index contributed by atoms with van der Waals surface area (Å²) >= 11 is 0. The van der Waals surface area contributed by atoms with Gasteiger partial charge in [-0.15, -0.1) is 0 Å². The van der Waals surface area contributed by atoms with Gasteiger partial charge in [0.1, 0.15) is 5.75 Å². The quantitative estimate of drug-likeness (QED) is 0.797. The summed E-state index contributed by atoms with van der Waals surface area (Å²) in [5.41, 5.74) is 3.20. The van der Waals surface area contributed by atoms with Crippen LogP contribution in [0.5, 0.6) is 5.75 Å². The van der Waals surface area contributed by atoms with Gasteiger partial charge in [0.05, 0.1) is 0 Å². The second-order valence-corrected chi connectivity index (χ2v) is 4.93. The predicted octanol–water partition coefficient (Wildman–Crippen LogP) is 4.33. The molecule has 1 atom stereocenters. The van der Waals surface area contributed by atoms with Gasteiger partial charge in [0.25, 0.3) is 0 Å². The number of phenolic OH excluding ortho intramolecular Hbond substituents is 1. The van der Waals surface area contributed by atoms with E-state index in [9.17, 15) is 5.11 Å². The lowest BCUT2D eigenvalue weighted by molar-refractivity contribution is 0.478. The van der Waals surface area contributed by atoms with Crippen molar-refractivity contribution in [1.82, 2.24) is 0 Å². The molecular formula is C16H21OP. The topological polar surface area (TPSA) is 20.2 Å². The molecular weight excluding hydrogens is 239 g/mol. The Kier molecular flexibility index (Phi) is 5.88. The fourth-order valence-electron chi connectivity index (χ4n) is 1.66. The summed E-state index contributed by atoms with van der Waals surface area (Å²) in [7, 11) is 0.718. The number of aryl methyl sites for hydroxylation is 1. The highest BCUT2D eigenvalue weighted by Crippen LogP contribution is 2.29. The van der Waals surface area contributed by atoms with Gasteiger partial charge in [0.15, 0.2) is 0 Å². The van der Waals surface area contributed by atoms with Crippen molar-refractivity contribution in [3.63, 3.8) is 0 Å².